The molecule has 1 aromatic rings. The molecule has 0 bridgehead atoms. The fourth-order valence-corrected chi connectivity index (χ4v) is 3.21. The van der Waals surface area contributed by atoms with Crippen LogP contribution in [0, 0.1) is 0 Å². The number of aliphatic imine (C=N–C) groups is 1. The molecule has 1 fully saturated rings. The van der Waals surface area contributed by atoms with Crippen LogP contribution >= 0.6 is 0 Å². The Morgan fingerprint density at radius 1 is 1.23 bits per heavy atom. The van der Waals surface area contributed by atoms with E-state index in [1.54, 1.807) is 7.05 Å². The molecule has 8 heteroatoms. The standard InChI is InChI=1S/C22H35N5O3/c1-6-7-19(28)25-17-10-8-16(9-11-17)14-24-20(23-5)27-13-12-18(15-27)26-21(29)30-22(2,3)4/h8-11,18H,6-7,12-15H2,1-5H3,(H,23,24)(H,25,28)(H,26,29). The number of carbonyl (C=O) groups is 2. The number of hydrogen-bond acceptors (Lipinski definition) is 4. The molecule has 30 heavy (non-hydrogen) atoms. The zero-order valence-corrected chi connectivity index (χ0v) is 18.7. The largest absolute Gasteiger partial charge is 0.444 e. The smallest absolute Gasteiger partial charge is 0.407 e. The predicted molar refractivity (Wildman–Crippen MR) is 120 cm³/mol. The van der Waals surface area contributed by atoms with Crippen LogP contribution < -0.4 is 16.0 Å². The molecule has 1 aromatic carbocycles. The molecule has 1 heterocycles. The van der Waals surface area contributed by atoms with Gasteiger partial charge in [0.15, 0.2) is 5.96 Å². The fourth-order valence-electron chi connectivity index (χ4n) is 3.21. The Kier molecular flexibility index (Phi) is 8.50. The summed E-state index contributed by atoms with van der Waals surface area (Å²) < 4.78 is 5.33. The Balaban J connectivity index is 1.81. The molecule has 1 unspecified atom stereocenters. The number of nitrogens with zero attached hydrogens (tertiary/aromatic N) is 2. The number of benzene rings is 1. The molecule has 0 saturated carbocycles. The number of rotatable bonds is 6. The summed E-state index contributed by atoms with van der Waals surface area (Å²) in [6, 6.07) is 7.81. The van der Waals surface area contributed by atoms with Crippen molar-refractivity contribution in [1.29, 1.82) is 0 Å². The van der Waals surface area contributed by atoms with E-state index in [-0.39, 0.29) is 18.0 Å². The number of alkyl carbamates (subject to hydrolysis) is 1. The molecule has 1 atom stereocenters. The third-order valence-electron chi connectivity index (χ3n) is 4.59. The lowest BCUT2D eigenvalue weighted by atomic mass is 10.2. The zero-order valence-electron chi connectivity index (χ0n) is 18.7. The summed E-state index contributed by atoms with van der Waals surface area (Å²) in [7, 11) is 1.75. The number of nitrogens with one attached hydrogen (secondary N) is 3. The molecule has 8 nitrogen and oxygen atoms in total. The van der Waals surface area contributed by atoms with Gasteiger partial charge in [0.05, 0.1) is 6.04 Å². The number of hydrogen-bond donors (Lipinski definition) is 3. The normalized spacial score (nSPS) is 16.9. The highest BCUT2D eigenvalue weighted by Crippen LogP contribution is 2.13. The molecule has 0 aromatic heterocycles. The van der Waals surface area contributed by atoms with Gasteiger partial charge in [0, 0.05) is 38.8 Å². The molecular weight excluding hydrogens is 382 g/mol. The first-order chi connectivity index (χ1) is 14.2. The van der Waals surface area contributed by atoms with Gasteiger partial charge < -0.3 is 25.6 Å². The Morgan fingerprint density at radius 3 is 2.53 bits per heavy atom. The van der Waals surface area contributed by atoms with E-state index in [0.29, 0.717) is 19.5 Å². The van der Waals surface area contributed by atoms with Crippen LogP contribution in [-0.4, -0.2) is 54.6 Å². The average Bonchev–Trinajstić information content (AvgIpc) is 3.10. The Labute approximate surface area is 179 Å². The number of amides is 2. The van der Waals surface area contributed by atoms with Crippen molar-refractivity contribution in [1.82, 2.24) is 15.5 Å². The van der Waals surface area contributed by atoms with Crippen molar-refractivity contribution in [2.24, 2.45) is 4.99 Å². The SMILES string of the molecule is CCCC(=O)Nc1ccc(CNC(=NC)N2CCC(NC(=O)OC(C)(C)C)C2)cc1. The van der Waals surface area contributed by atoms with E-state index in [1.165, 1.54) is 0 Å². The van der Waals surface area contributed by atoms with Crippen molar-refractivity contribution in [3.05, 3.63) is 29.8 Å². The average molecular weight is 418 g/mol. The molecule has 3 N–H and O–H groups in total. The van der Waals surface area contributed by atoms with E-state index >= 15 is 0 Å². The zero-order chi connectivity index (χ0) is 22.1. The summed E-state index contributed by atoms with van der Waals surface area (Å²) in [6.07, 6.45) is 1.81. The van der Waals surface area contributed by atoms with E-state index in [0.717, 1.165) is 36.6 Å². The van der Waals surface area contributed by atoms with Crippen LogP contribution in [0.3, 0.4) is 0 Å². The summed E-state index contributed by atoms with van der Waals surface area (Å²) in [5.41, 5.74) is 1.39. The number of ether oxygens (including phenoxy) is 1. The minimum atomic E-state index is -0.506. The van der Waals surface area contributed by atoms with Crippen molar-refractivity contribution in [3.8, 4) is 0 Å². The number of carbonyl (C=O) groups excluding carboxylic acids is 2. The molecule has 1 saturated heterocycles. The number of anilines is 1. The van der Waals surface area contributed by atoms with Gasteiger partial charge in [0.1, 0.15) is 5.60 Å². The third-order valence-corrected chi connectivity index (χ3v) is 4.59. The van der Waals surface area contributed by atoms with Crippen LogP contribution in [0.15, 0.2) is 29.3 Å². The van der Waals surface area contributed by atoms with Crippen molar-refractivity contribution in [2.75, 3.05) is 25.5 Å². The second kappa shape index (κ2) is 10.8. The van der Waals surface area contributed by atoms with E-state index in [9.17, 15) is 9.59 Å². The van der Waals surface area contributed by atoms with Gasteiger partial charge >= 0.3 is 6.09 Å². The highest BCUT2D eigenvalue weighted by atomic mass is 16.6. The number of likely N-dealkylation sites (tertiary alicyclic amines) is 1. The third kappa shape index (κ3) is 7.93. The van der Waals surface area contributed by atoms with Gasteiger partial charge in [-0.1, -0.05) is 19.1 Å². The molecule has 0 aliphatic carbocycles. The lowest BCUT2D eigenvalue weighted by molar-refractivity contribution is -0.116. The summed E-state index contributed by atoms with van der Waals surface area (Å²) in [5.74, 6) is 0.830. The van der Waals surface area contributed by atoms with Crippen LogP contribution in [-0.2, 0) is 16.1 Å². The van der Waals surface area contributed by atoms with Gasteiger partial charge in [-0.2, -0.15) is 0 Å². The maximum atomic E-state index is 12.0. The van der Waals surface area contributed by atoms with E-state index in [1.807, 2.05) is 52.0 Å². The maximum absolute atomic E-state index is 12.0. The lowest BCUT2D eigenvalue weighted by Crippen LogP contribution is -2.44. The van der Waals surface area contributed by atoms with Gasteiger partial charge in [0.25, 0.3) is 0 Å². The molecule has 0 spiro atoms. The lowest BCUT2D eigenvalue weighted by Gasteiger charge is -2.23. The predicted octanol–water partition coefficient (Wildman–Crippen LogP) is 3.10. The van der Waals surface area contributed by atoms with Crippen molar-refractivity contribution < 1.29 is 14.3 Å². The first-order valence-electron chi connectivity index (χ1n) is 10.5. The van der Waals surface area contributed by atoms with E-state index in [2.05, 4.69) is 25.8 Å². The Hall–Kier alpha value is -2.77. The minimum Gasteiger partial charge on any atom is -0.444 e. The van der Waals surface area contributed by atoms with E-state index in [4.69, 9.17) is 4.74 Å². The van der Waals surface area contributed by atoms with Crippen LogP contribution in [0.5, 0.6) is 0 Å². The molecule has 1 aliphatic rings. The molecule has 2 amide bonds. The highest BCUT2D eigenvalue weighted by Gasteiger charge is 2.27. The van der Waals surface area contributed by atoms with Crippen LogP contribution in [0.4, 0.5) is 10.5 Å². The van der Waals surface area contributed by atoms with Gasteiger partial charge in [-0.15, -0.1) is 0 Å². The highest BCUT2D eigenvalue weighted by molar-refractivity contribution is 5.90. The van der Waals surface area contributed by atoms with Gasteiger partial charge in [-0.05, 0) is 51.3 Å². The summed E-state index contributed by atoms with van der Waals surface area (Å²) in [5, 5.41) is 9.18. The van der Waals surface area contributed by atoms with Crippen molar-refractivity contribution >= 4 is 23.6 Å². The summed E-state index contributed by atoms with van der Waals surface area (Å²) in [6.45, 7) is 9.65. The Bertz CT molecular complexity index is 740. The van der Waals surface area contributed by atoms with Crippen molar-refractivity contribution in [2.45, 2.75) is 65.1 Å². The molecule has 1 aliphatic heterocycles. The summed E-state index contributed by atoms with van der Waals surface area (Å²) in [4.78, 5) is 30.2. The van der Waals surface area contributed by atoms with Gasteiger partial charge in [-0.3, -0.25) is 9.79 Å². The first-order valence-corrected chi connectivity index (χ1v) is 10.5. The van der Waals surface area contributed by atoms with Crippen LogP contribution in [0.25, 0.3) is 0 Å². The fraction of sp³-hybridized carbons (Fsp3) is 0.591. The van der Waals surface area contributed by atoms with Crippen molar-refractivity contribution in [3.63, 3.8) is 0 Å². The molecule has 0 radical (unpaired) electrons. The second-order valence-corrected chi connectivity index (χ2v) is 8.47. The monoisotopic (exact) mass is 417 g/mol. The number of guanidine groups is 1. The van der Waals surface area contributed by atoms with Gasteiger partial charge in [-0.25, -0.2) is 4.79 Å². The van der Waals surface area contributed by atoms with Crippen LogP contribution in [0.1, 0.15) is 52.5 Å². The van der Waals surface area contributed by atoms with Crippen LogP contribution in [0.2, 0.25) is 0 Å². The minimum absolute atomic E-state index is 0.0319. The molecular formula is C22H35N5O3. The van der Waals surface area contributed by atoms with Gasteiger partial charge in [0.2, 0.25) is 5.91 Å². The summed E-state index contributed by atoms with van der Waals surface area (Å²) >= 11 is 0. The maximum Gasteiger partial charge on any atom is 0.407 e. The second-order valence-electron chi connectivity index (χ2n) is 8.47. The topological polar surface area (TPSA) is 95.1 Å². The quantitative estimate of drug-likeness (QED) is 0.488. The molecule has 166 valence electrons. The van der Waals surface area contributed by atoms with E-state index < -0.39 is 5.60 Å². The molecule has 2 rings (SSSR count). The Morgan fingerprint density at radius 2 is 1.93 bits per heavy atom. The first kappa shape index (κ1) is 23.5.